The molecular formula is C12H15N3O2S. The van der Waals surface area contributed by atoms with E-state index in [9.17, 15) is 4.79 Å². The summed E-state index contributed by atoms with van der Waals surface area (Å²) in [6.07, 6.45) is 3.77. The number of carbonyl (C=O) groups is 1. The zero-order chi connectivity index (χ0) is 12.5. The lowest BCUT2D eigenvalue weighted by molar-refractivity contribution is 0.0923. The number of rotatable bonds is 3. The Hall–Kier alpha value is -1.40. The van der Waals surface area contributed by atoms with E-state index < -0.39 is 0 Å². The van der Waals surface area contributed by atoms with Gasteiger partial charge < -0.3 is 9.64 Å². The van der Waals surface area contributed by atoms with Crippen molar-refractivity contribution in [2.75, 3.05) is 24.7 Å². The molecule has 0 N–H and O–H groups in total. The highest BCUT2D eigenvalue weighted by atomic mass is 32.1. The second-order valence-corrected chi connectivity index (χ2v) is 5.20. The average Bonchev–Trinajstić information content (AvgIpc) is 2.98. The Labute approximate surface area is 109 Å². The van der Waals surface area contributed by atoms with E-state index in [-0.39, 0.29) is 0 Å². The maximum atomic E-state index is 11.3. The molecule has 6 heteroatoms. The predicted molar refractivity (Wildman–Crippen MR) is 70.7 cm³/mol. The van der Waals surface area contributed by atoms with Crippen molar-refractivity contribution in [3.05, 3.63) is 17.3 Å². The molecule has 1 fully saturated rings. The van der Waals surface area contributed by atoms with Crippen molar-refractivity contribution in [2.45, 2.75) is 19.4 Å². The van der Waals surface area contributed by atoms with Gasteiger partial charge in [0.1, 0.15) is 5.69 Å². The van der Waals surface area contributed by atoms with Crippen LogP contribution >= 0.6 is 11.3 Å². The van der Waals surface area contributed by atoms with Crippen LogP contribution in [0.4, 0.5) is 5.82 Å². The van der Waals surface area contributed by atoms with Crippen LogP contribution in [-0.2, 0) is 4.74 Å². The van der Waals surface area contributed by atoms with Gasteiger partial charge in [0.05, 0.1) is 19.3 Å². The summed E-state index contributed by atoms with van der Waals surface area (Å²) in [7, 11) is 0. The zero-order valence-electron chi connectivity index (χ0n) is 10.2. The molecule has 2 aromatic rings. The first-order valence-corrected chi connectivity index (χ1v) is 6.98. The quantitative estimate of drug-likeness (QED) is 0.794. The molecule has 0 radical (unpaired) electrons. The normalized spacial score (nSPS) is 20.5. The van der Waals surface area contributed by atoms with Crippen molar-refractivity contribution in [1.29, 1.82) is 0 Å². The van der Waals surface area contributed by atoms with Crippen LogP contribution in [0.3, 0.4) is 0 Å². The maximum absolute atomic E-state index is 11.3. The zero-order valence-corrected chi connectivity index (χ0v) is 11.0. The minimum absolute atomic E-state index is 0.307. The molecule has 1 aliphatic rings. The minimum atomic E-state index is 0.307. The Morgan fingerprint density at radius 1 is 1.67 bits per heavy atom. The molecule has 0 aromatic carbocycles. The van der Waals surface area contributed by atoms with E-state index in [2.05, 4.69) is 16.8 Å². The van der Waals surface area contributed by atoms with Crippen LogP contribution in [0, 0.1) is 0 Å². The number of thiazole rings is 1. The number of ether oxygens (including phenoxy) is 1. The molecule has 5 nitrogen and oxygen atoms in total. The third-order valence-corrected chi connectivity index (χ3v) is 4.12. The van der Waals surface area contributed by atoms with Crippen LogP contribution in [0.5, 0.6) is 0 Å². The molecule has 0 spiro atoms. The molecular weight excluding hydrogens is 250 g/mol. The standard InChI is InChI=1S/C12H15N3O2S/c1-2-9-8-17-5-3-14(9)11-10(7-16)15-4-6-18-12(15)13-11/h4,6-7,9H,2-3,5,8H2,1H3. The van der Waals surface area contributed by atoms with Crippen LogP contribution in [0.25, 0.3) is 4.96 Å². The fourth-order valence-electron chi connectivity index (χ4n) is 2.38. The molecule has 96 valence electrons. The van der Waals surface area contributed by atoms with E-state index in [0.29, 0.717) is 24.9 Å². The molecule has 3 rings (SSSR count). The Bertz CT molecular complexity index is 563. The number of aromatic nitrogens is 2. The van der Waals surface area contributed by atoms with Crippen molar-refractivity contribution in [2.24, 2.45) is 0 Å². The molecule has 0 saturated carbocycles. The van der Waals surface area contributed by atoms with Crippen LogP contribution in [0.15, 0.2) is 11.6 Å². The SMILES string of the molecule is CCC1COCCN1c1nc2sccn2c1C=O. The van der Waals surface area contributed by atoms with E-state index in [1.807, 2.05) is 16.0 Å². The number of carbonyl (C=O) groups excluding carboxylic acids is 1. The first-order chi connectivity index (χ1) is 8.85. The van der Waals surface area contributed by atoms with Crippen LogP contribution in [0.2, 0.25) is 0 Å². The van der Waals surface area contributed by atoms with Gasteiger partial charge in [-0.25, -0.2) is 4.98 Å². The molecule has 18 heavy (non-hydrogen) atoms. The molecule has 0 aliphatic carbocycles. The largest absolute Gasteiger partial charge is 0.377 e. The van der Waals surface area contributed by atoms with Gasteiger partial charge in [-0.05, 0) is 6.42 Å². The summed E-state index contributed by atoms with van der Waals surface area (Å²) in [6, 6.07) is 0.307. The van der Waals surface area contributed by atoms with Crippen LogP contribution in [0.1, 0.15) is 23.8 Å². The molecule has 0 amide bonds. The summed E-state index contributed by atoms with van der Waals surface area (Å²) in [5.74, 6) is 0.798. The lowest BCUT2D eigenvalue weighted by Crippen LogP contribution is -2.45. The number of hydrogen-bond donors (Lipinski definition) is 0. The van der Waals surface area contributed by atoms with Crippen molar-refractivity contribution < 1.29 is 9.53 Å². The van der Waals surface area contributed by atoms with E-state index in [1.165, 1.54) is 0 Å². The second-order valence-electron chi connectivity index (χ2n) is 4.32. The monoisotopic (exact) mass is 265 g/mol. The first-order valence-electron chi connectivity index (χ1n) is 6.10. The highest BCUT2D eigenvalue weighted by Crippen LogP contribution is 2.26. The Kier molecular flexibility index (Phi) is 3.05. The Balaban J connectivity index is 2.06. The van der Waals surface area contributed by atoms with Crippen molar-refractivity contribution >= 4 is 28.4 Å². The molecule has 3 heterocycles. The fraction of sp³-hybridized carbons (Fsp3) is 0.500. The van der Waals surface area contributed by atoms with Crippen molar-refractivity contribution in [3.63, 3.8) is 0 Å². The molecule has 1 atom stereocenters. The average molecular weight is 265 g/mol. The van der Waals surface area contributed by atoms with Gasteiger partial charge in [-0.2, -0.15) is 0 Å². The molecule has 1 aliphatic heterocycles. The molecule has 1 unspecified atom stereocenters. The summed E-state index contributed by atoms with van der Waals surface area (Å²) in [6.45, 7) is 4.33. The highest BCUT2D eigenvalue weighted by molar-refractivity contribution is 7.15. The van der Waals surface area contributed by atoms with Gasteiger partial charge in [0.25, 0.3) is 0 Å². The summed E-state index contributed by atoms with van der Waals surface area (Å²) in [4.78, 5) is 19.0. The van der Waals surface area contributed by atoms with Crippen LogP contribution in [-0.4, -0.2) is 41.5 Å². The van der Waals surface area contributed by atoms with Gasteiger partial charge in [0, 0.05) is 18.1 Å². The number of hydrogen-bond acceptors (Lipinski definition) is 5. The fourth-order valence-corrected chi connectivity index (χ4v) is 3.10. The molecule has 1 saturated heterocycles. The molecule has 2 aromatic heterocycles. The third kappa shape index (κ3) is 1.72. The second kappa shape index (κ2) is 4.70. The highest BCUT2D eigenvalue weighted by Gasteiger charge is 2.27. The van der Waals surface area contributed by atoms with E-state index in [0.717, 1.165) is 30.0 Å². The smallest absolute Gasteiger partial charge is 0.196 e. The number of nitrogens with zero attached hydrogens (tertiary/aromatic N) is 3. The minimum Gasteiger partial charge on any atom is -0.377 e. The van der Waals surface area contributed by atoms with Gasteiger partial charge in [-0.1, -0.05) is 6.92 Å². The van der Waals surface area contributed by atoms with Gasteiger partial charge in [-0.3, -0.25) is 9.20 Å². The van der Waals surface area contributed by atoms with Gasteiger partial charge in [0.15, 0.2) is 17.1 Å². The number of morpholine rings is 1. The van der Waals surface area contributed by atoms with E-state index >= 15 is 0 Å². The number of fused-ring (bicyclic) bond motifs is 1. The molecule has 0 bridgehead atoms. The van der Waals surface area contributed by atoms with Crippen molar-refractivity contribution in [1.82, 2.24) is 9.38 Å². The Morgan fingerprint density at radius 2 is 2.56 bits per heavy atom. The summed E-state index contributed by atoms with van der Waals surface area (Å²) in [5, 5.41) is 1.94. The summed E-state index contributed by atoms with van der Waals surface area (Å²) < 4.78 is 7.35. The lowest BCUT2D eigenvalue weighted by Gasteiger charge is -2.35. The maximum Gasteiger partial charge on any atom is 0.196 e. The first kappa shape index (κ1) is 11.7. The van der Waals surface area contributed by atoms with Gasteiger partial charge >= 0.3 is 0 Å². The number of anilines is 1. The lowest BCUT2D eigenvalue weighted by atomic mass is 10.1. The van der Waals surface area contributed by atoms with Crippen LogP contribution < -0.4 is 4.90 Å². The summed E-state index contributed by atoms with van der Waals surface area (Å²) in [5.41, 5.74) is 0.645. The number of aldehydes is 1. The summed E-state index contributed by atoms with van der Waals surface area (Å²) >= 11 is 1.55. The number of imidazole rings is 1. The van der Waals surface area contributed by atoms with Gasteiger partial charge in [0.2, 0.25) is 0 Å². The van der Waals surface area contributed by atoms with Gasteiger partial charge in [-0.15, -0.1) is 11.3 Å². The topological polar surface area (TPSA) is 46.8 Å². The predicted octanol–water partition coefficient (Wildman–Crippen LogP) is 1.82. The third-order valence-electron chi connectivity index (χ3n) is 3.36. The van der Waals surface area contributed by atoms with E-state index in [1.54, 1.807) is 11.3 Å². The van der Waals surface area contributed by atoms with Crippen molar-refractivity contribution in [3.8, 4) is 0 Å². The van der Waals surface area contributed by atoms with E-state index in [4.69, 9.17) is 4.74 Å². The Morgan fingerprint density at radius 3 is 3.33 bits per heavy atom.